The van der Waals surface area contributed by atoms with Gasteiger partial charge in [0.2, 0.25) is 0 Å². The number of nitrogens with zero attached hydrogens (tertiary/aromatic N) is 2. The molecule has 1 aromatic rings. The Morgan fingerprint density at radius 1 is 1.41 bits per heavy atom. The van der Waals surface area contributed by atoms with E-state index in [0.717, 1.165) is 51.3 Å². The summed E-state index contributed by atoms with van der Waals surface area (Å²) in [4.78, 5) is 7.96. The number of anilines is 1. The van der Waals surface area contributed by atoms with Gasteiger partial charge in [0, 0.05) is 19.3 Å². The molecule has 5 nitrogen and oxygen atoms in total. The van der Waals surface area contributed by atoms with Gasteiger partial charge in [0.25, 0.3) is 0 Å². The summed E-state index contributed by atoms with van der Waals surface area (Å²) in [5.74, 6) is 0.877. The SMILES string of the molecule is c1cc(NCCCOC2CCNCC2)ncn1. The first-order valence-electron chi connectivity index (χ1n) is 6.27. The van der Waals surface area contributed by atoms with Gasteiger partial charge in [-0.2, -0.15) is 0 Å². The maximum Gasteiger partial charge on any atom is 0.129 e. The van der Waals surface area contributed by atoms with Gasteiger partial charge in [-0.3, -0.25) is 0 Å². The Balaban J connectivity index is 1.51. The van der Waals surface area contributed by atoms with Crippen molar-refractivity contribution in [3.63, 3.8) is 0 Å². The number of nitrogens with one attached hydrogen (secondary N) is 2. The number of rotatable bonds is 6. The summed E-state index contributed by atoms with van der Waals surface area (Å²) in [6.07, 6.45) is 7.02. The zero-order valence-corrected chi connectivity index (χ0v) is 10.1. The maximum absolute atomic E-state index is 5.81. The first kappa shape index (κ1) is 12.3. The van der Waals surface area contributed by atoms with Crippen LogP contribution in [0.5, 0.6) is 0 Å². The number of hydrogen-bond donors (Lipinski definition) is 2. The molecule has 1 aromatic heterocycles. The van der Waals surface area contributed by atoms with Gasteiger partial charge in [-0.25, -0.2) is 9.97 Å². The van der Waals surface area contributed by atoms with E-state index >= 15 is 0 Å². The fourth-order valence-corrected chi connectivity index (χ4v) is 1.90. The molecule has 0 aromatic carbocycles. The van der Waals surface area contributed by atoms with Gasteiger partial charge in [-0.15, -0.1) is 0 Å². The van der Waals surface area contributed by atoms with Crippen LogP contribution in [0.1, 0.15) is 19.3 Å². The molecule has 5 heteroatoms. The van der Waals surface area contributed by atoms with Crippen LogP contribution in [0.3, 0.4) is 0 Å². The minimum Gasteiger partial charge on any atom is -0.378 e. The van der Waals surface area contributed by atoms with Crippen LogP contribution in [-0.4, -0.2) is 42.3 Å². The standard InChI is InChI=1S/C12H20N4O/c1(5-15-12-4-8-14-10-16-12)9-17-11-2-6-13-7-3-11/h4,8,10-11,13H,1-3,5-7,9H2,(H,14,15,16). The highest BCUT2D eigenvalue weighted by atomic mass is 16.5. The molecule has 2 N–H and O–H groups in total. The molecule has 94 valence electrons. The third-order valence-electron chi connectivity index (χ3n) is 2.85. The first-order valence-corrected chi connectivity index (χ1v) is 6.27. The lowest BCUT2D eigenvalue weighted by atomic mass is 10.1. The minimum absolute atomic E-state index is 0.454. The zero-order valence-electron chi connectivity index (χ0n) is 10.1. The number of piperidine rings is 1. The van der Waals surface area contributed by atoms with Gasteiger partial charge >= 0.3 is 0 Å². The average Bonchev–Trinajstić information content (AvgIpc) is 2.41. The van der Waals surface area contributed by atoms with Crippen LogP contribution < -0.4 is 10.6 Å². The lowest BCUT2D eigenvalue weighted by molar-refractivity contribution is 0.0329. The minimum atomic E-state index is 0.454. The molecular weight excluding hydrogens is 216 g/mol. The molecule has 0 unspecified atom stereocenters. The highest BCUT2D eigenvalue weighted by Crippen LogP contribution is 2.07. The smallest absolute Gasteiger partial charge is 0.129 e. The molecule has 0 aliphatic carbocycles. The van der Waals surface area contributed by atoms with Crippen LogP contribution in [0.2, 0.25) is 0 Å². The largest absolute Gasteiger partial charge is 0.378 e. The summed E-state index contributed by atoms with van der Waals surface area (Å²) in [6.45, 7) is 3.89. The van der Waals surface area contributed by atoms with E-state index < -0.39 is 0 Å². The molecule has 0 bridgehead atoms. The Morgan fingerprint density at radius 3 is 3.06 bits per heavy atom. The molecule has 0 radical (unpaired) electrons. The van der Waals surface area contributed by atoms with E-state index in [-0.39, 0.29) is 0 Å². The highest BCUT2D eigenvalue weighted by Gasteiger charge is 2.12. The lowest BCUT2D eigenvalue weighted by Gasteiger charge is -2.22. The fourth-order valence-electron chi connectivity index (χ4n) is 1.90. The molecule has 0 atom stereocenters. The van der Waals surface area contributed by atoms with Crippen molar-refractivity contribution >= 4 is 5.82 Å². The van der Waals surface area contributed by atoms with E-state index in [1.807, 2.05) is 6.07 Å². The highest BCUT2D eigenvalue weighted by molar-refractivity contribution is 5.30. The van der Waals surface area contributed by atoms with Crippen molar-refractivity contribution in [2.45, 2.75) is 25.4 Å². The number of aromatic nitrogens is 2. The molecule has 1 aliphatic rings. The van der Waals surface area contributed by atoms with E-state index in [1.54, 1.807) is 12.5 Å². The molecule has 1 saturated heterocycles. The van der Waals surface area contributed by atoms with Crippen LogP contribution in [0.25, 0.3) is 0 Å². The van der Waals surface area contributed by atoms with E-state index in [9.17, 15) is 0 Å². The van der Waals surface area contributed by atoms with Gasteiger partial charge in [-0.05, 0) is 38.4 Å². The molecule has 1 fully saturated rings. The molecule has 2 rings (SSSR count). The molecule has 1 aliphatic heterocycles. The van der Waals surface area contributed by atoms with Gasteiger partial charge < -0.3 is 15.4 Å². The number of hydrogen-bond acceptors (Lipinski definition) is 5. The Bertz CT molecular complexity index is 301. The van der Waals surface area contributed by atoms with Crippen LogP contribution in [0, 0.1) is 0 Å². The van der Waals surface area contributed by atoms with Gasteiger partial charge in [0.1, 0.15) is 12.1 Å². The molecule has 0 spiro atoms. The average molecular weight is 236 g/mol. The van der Waals surface area contributed by atoms with Crippen LogP contribution >= 0.6 is 0 Å². The van der Waals surface area contributed by atoms with Crippen molar-refractivity contribution in [3.8, 4) is 0 Å². The Hall–Kier alpha value is -1.20. The van der Waals surface area contributed by atoms with Crippen LogP contribution in [-0.2, 0) is 4.74 Å². The first-order chi connectivity index (χ1) is 8.45. The zero-order chi connectivity index (χ0) is 11.8. The van der Waals surface area contributed by atoms with Crippen molar-refractivity contribution in [1.82, 2.24) is 15.3 Å². The third-order valence-corrected chi connectivity index (χ3v) is 2.85. The van der Waals surface area contributed by atoms with Gasteiger partial charge in [0.05, 0.1) is 6.10 Å². The second kappa shape index (κ2) is 7.19. The van der Waals surface area contributed by atoms with Gasteiger partial charge in [-0.1, -0.05) is 0 Å². The third kappa shape index (κ3) is 4.66. The quantitative estimate of drug-likeness (QED) is 0.723. The molecule has 2 heterocycles. The summed E-state index contributed by atoms with van der Waals surface area (Å²) in [5.41, 5.74) is 0. The van der Waals surface area contributed by atoms with Crippen molar-refractivity contribution < 1.29 is 4.74 Å². The topological polar surface area (TPSA) is 59.1 Å². The lowest BCUT2D eigenvalue weighted by Crippen LogP contribution is -2.32. The second-order valence-corrected chi connectivity index (χ2v) is 4.20. The summed E-state index contributed by atoms with van der Waals surface area (Å²) in [6, 6.07) is 1.87. The second-order valence-electron chi connectivity index (χ2n) is 4.20. The predicted molar refractivity (Wildman–Crippen MR) is 67.0 cm³/mol. The summed E-state index contributed by atoms with van der Waals surface area (Å²) < 4.78 is 5.81. The summed E-state index contributed by atoms with van der Waals surface area (Å²) in [5, 5.41) is 6.57. The molecule has 0 amide bonds. The number of ether oxygens (including phenoxy) is 1. The monoisotopic (exact) mass is 236 g/mol. The predicted octanol–water partition coefficient (Wildman–Crippen LogP) is 1.05. The van der Waals surface area contributed by atoms with Crippen LogP contribution in [0.4, 0.5) is 5.82 Å². The van der Waals surface area contributed by atoms with E-state index in [4.69, 9.17) is 4.74 Å². The summed E-state index contributed by atoms with van der Waals surface area (Å²) in [7, 11) is 0. The van der Waals surface area contributed by atoms with E-state index in [0.29, 0.717) is 6.10 Å². The van der Waals surface area contributed by atoms with E-state index in [1.165, 1.54) is 0 Å². The summed E-state index contributed by atoms with van der Waals surface area (Å²) >= 11 is 0. The molecular formula is C12H20N4O. The maximum atomic E-state index is 5.81. The van der Waals surface area contributed by atoms with Crippen molar-refractivity contribution in [3.05, 3.63) is 18.6 Å². The molecule has 0 saturated carbocycles. The Morgan fingerprint density at radius 2 is 2.29 bits per heavy atom. The van der Waals surface area contributed by atoms with Crippen molar-refractivity contribution in [2.24, 2.45) is 0 Å². The van der Waals surface area contributed by atoms with Gasteiger partial charge in [0.15, 0.2) is 0 Å². The van der Waals surface area contributed by atoms with Crippen molar-refractivity contribution in [1.29, 1.82) is 0 Å². The van der Waals surface area contributed by atoms with Crippen molar-refractivity contribution in [2.75, 3.05) is 31.6 Å². The Labute approximate surface area is 102 Å². The van der Waals surface area contributed by atoms with E-state index in [2.05, 4.69) is 20.6 Å². The Kier molecular flexibility index (Phi) is 5.19. The fraction of sp³-hybridized carbons (Fsp3) is 0.667. The van der Waals surface area contributed by atoms with Crippen LogP contribution in [0.15, 0.2) is 18.6 Å². The molecule has 17 heavy (non-hydrogen) atoms. The normalized spacial score (nSPS) is 16.9.